The van der Waals surface area contributed by atoms with Crippen LogP contribution < -0.4 is 10.6 Å². The number of anilines is 1. The van der Waals surface area contributed by atoms with Crippen molar-refractivity contribution in [3.8, 4) is 12.3 Å². The second-order valence-electron chi connectivity index (χ2n) is 8.22. The summed E-state index contributed by atoms with van der Waals surface area (Å²) in [5, 5.41) is 7.03. The van der Waals surface area contributed by atoms with Gasteiger partial charge in [-0.05, 0) is 61.9 Å². The fourth-order valence-electron chi connectivity index (χ4n) is 3.89. The minimum Gasteiger partial charge on any atom is -0.387 e. The van der Waals surface area contributed by atoms with Crippen molar-refractivity contribution < 1.29 is 9.59 Å². The van der Waals surface area contributed by atoms with Crippen molar-refractivity contribution in [1.82, 2.24) is 5.32 Å². The second kappa shape index (κ2) is 10.9. The van der Waals surface area contributed by atoms with E-state index in [0.717, 1.165) is 6.29 Å². The van der Waals surface area contributed by atoms with E-state index in [1.165, 1.54) is 0 Å². The van der Waals surface area contributed by atoms with Gasteiger partial charge in [0.15, 0.2) is 0 Å². The molecule has 0 saturated heterocycles. The van der Waals surface area contributed by atoms with Gasteiger partial charge < -0.3 is 15.4 Å². The van der Waals surface area contributed by atoms with E-state index >= 15 is 0 Å². The Morgan fingerprint density at radius 1 is 1.14 bits per heavy atom. The van der Waals surface area contributed by atoms with Crippen molar-refractivity contribution in [1.29, 1.82) is 0 Å². The molecule has 1 aliphatic rings. The molecule has 35 heavy (non-hydrogen) atoms. The van der Waals surface area contributed by atoms with Gasteiger partial charge in [-0.3, -0.25) is 4.79 Å². The lowest BCUT2D eigenvalue weighted by molar-refractivity contribution is -0.113. The summed E-state index contributed by atoms with van der Waals surface area (Å²) in [6.45, 7) is 3.46. The normalized spacial score (nSPS) is 21.4. The van der Waals surface area contributed by atoms with Crippen LogP contribution in [0.2, 0.25) is 10.0 Å². The molecule has 0 aromatic heterocycles. The molecule has 0 heterocycles. The Morgan fingerprint density at radius 3 is 2.37 bits per heavy atom. The minimum absolute atomic E-state index is 0.112. The zero-order valence-corrected chi connectivity index (χ0v) is 22.5. The van der Waals surface area contributed by atoms with Gasteiger partial charge in [0, 0.05) is 44.5 Å². The van der Waals surface area contributed by atoms with E-state index in [1.807, 2.05) is 0 Å². The van der Waals surface area contributed by atoms with Crippen LogP contribution in [0.25, 0.3) is 0 Å². The number of nitrogens with one attached hydrogen (secondary N) is 2. The zero-order chi connectivity index (χ0) is 26.0. The Bertz CT molecular complexity index is 1250. The second-order valence-corrected chi connectivity index (χ2v) is 11.0. The third-order valence-electron chi connectivity index (χ3n) is 5.77. The van der Waals surface area contributed by atoms with E-state index in [1.54, 1.807) is 62.4 Å². The molecule has 2 aromatic carbocycles. The monoisotopic (exact) mass is 568 g/mol. The van der Waals surface area contributed by atoms with Gasteiger partial charge >= 0.3 is 0 Å². The lowest BCUT2D eigenvalue weighted by atomic mass is 10.00. The molecule has 1 amide bonds. The van der Waals surface area contributed by atoms with Crippen LogP contribution in [0.3, 0.4) is 0 Å². The molecule has 2 N–H and O–H groups in total. The highest BCUT2D eigenvalue weighted by Gasteiger charge is 2.76. The van der Waals surface area contributed by atoms with Gasteiger partial charge in [-0.1, -0.05) is 70.0 Å². The van der Waals surface area contributed by atoms with Crippen molar-refractivity contribution in [2.75, 3.05) is 11.9 Å². The van der Waals surface area contributed by atoms with Gasteiger partial charge in [-0.25, -0.2) is 0 Å². The molecule has 182 valence electrons. The predicted molar refractivity (Wildman–Crippen MR) is 145 cm³/mol. The Kier molecular flexibility index (Phi) is 8.52. The first kappa shape index (κ1) is 27.5. The van der Waals surface area contributed by atoms with Gasteiger partial charge in [0.2, 0.25) is 0 Å². The maximum atomic E-state index is 12.9. The number of allylic oxidation sites excluding steroid dienone is 2. The topological polar surface area (TPSA) is 58.2 Å². The molecule has 1 saturated carbocycles. The van der Waals surface area contributed by atoms with Crippen molar-refractivity contribution in [3.63, 3.8) is 0 Å². The van der Waals surface area contributed by atoms with Crippen LogP contribution in [0.15, 0.2) is 64.8 Å². The lowest BCUT2D eigenvalue weighted by Crippen LogP contribution is -2.28. The zero-order valence-electron chi connectivity index (χ0n) is 18.8. The first-order chi connectivity index (χ1) is 16.4. The lowest BCUT2D eigenvalue weighted by Gasteiger charge is -2.15. The molecule has 0 aliphatic heterocycles. The van der Waals surface area contributed by atoms with Gasteiger partial charge in [-0.15, -0.1) is 6.42 Å². The molecule has 4 nitrogen and oxygen atoms in total. The number of rotatable bonds is 8. The standard InChI is InChI=1S/C26H21Cl5N2O2/c1-4-17-6-5-7-21(9-17)33-24(35)22(16(3)27)8-15(2)32-13-25(14-34)23(26(25,30)31)18-10-19(28)12-20(29)11-18/h1,5-12,14,23,32H,13H2,2-3H3,(H,33,35)/b15-8+,22-16-. The molecule has 0 spiro atoms. The van der Waals surface area contributed by atoms with E-state index in [0.29, 0.717) is 32.6 Å². The van der Waals surface area contributed by atoms with Crippen molar-refractivity contribution >= 4 is 75.9 Å². The largest absolute Gasteiger partial charge is 0.387 e. The highest BCUT2D eigenvalue weighted by molar-refractivity contribution is 6.54. The molecule has 1 aliphatic carbocycles. The third kappa shape index (κ3) is 5.82. The SMILES string of the molecule is C#Cc1cccc(NC(=O)C(/C=C(\C)NCC2(C=O)C(c3cc(Cl)cc(Cl)c3)C2(Cl)Cl)=C(/C)Cl)c1. The van der Waals surface area contributed by atoms with Gasteiger partial charge in [0.25, 0.3) is 5.91 Å². The number of hydrogen-bond donors (Lipinski definition) is 2. The number of terminal acetylenes is 1. The van der Waals surface area contributed by atoms with Crippen LogP contribution in [0, 0.1) is 17.8 Å². The number of carbonyl (C=O) groups excluding carboxylic acids is 2. The highest BCUT2D eigenvalue weighted by Crippen LogP contribution is 2.73. The molecule has 2 unspecified atom stereocenters. The molecule has 1 fully saturated rings. The predicted octanol–water partition coefficient (Wildman–Crippen LogP) is 7.08. The van der Waals surface area contributed by atoms with Crippen LogP contribution in [0.1, 0.15) is 30.9 Å². The average molecular weight is 571 g/mol. The van der Waals surface area contributed by atoms with Crippen LogP contribution in [-0.4, -0.2) is 23.1 Å². The summed E-state index contributed by atoms with van der Waals surface area (Å²) in [5.41, 5.74) is 1.52. The van der Waals surface area contributed by atoms with Crippen molar-refractivity contribution in [3.05, 3.63) is 86.0 Å². The van der Waals surface area contributed by atoms with E-state index in [-0.39, 0.29) is 17.2 Å². The van der Waals surface area contributed by atoms with Gasteiger partial charge in [-0.2, -0.15) is 0 Å². The first-order valence-corrected chi connectivity index (χ1v) is 12.3. The van der Waals surface area contributed by atoms with Crippen molar-refractivity contribution in [2.45, 2.75) is 24.1 Å². The third-order valence-corrected chi connectivity index (χ3v) is 7.55. The van der Waals surface area contributed by atoms with Crippen molar-refractivity contribution in [2.24, 2.45) is 5.41 Å². The van der Waals surface area contributed by atoms with E-state index in [9.17, 15) is 9.59 Å². The fraction of sp³-hybridized carbons (Fsp3) is 0.231. The molecule has 3 rings (SSSR count). The van der Waals surface area contributed by atoms with Crippen LogP contribution in [-0.2, 0) is 9.59 Å². The maximum Gasteiger partial charge on any atom is 0.256 e. The van der Waals surface area contributed by atoms with Crippen LogP contribution in [0.4, 0.5) is 5.69 Å². The Hall–Kier alpha value is -2.13. The number of amides is 1. The summed E-state index contributed by atoms with van der Waals surface area (Å²) in [5.74, 6) is 1.58. The fourth-order valence-corrected chi connectivity index (χ4v) is 5.55. The molecular formula is C26H21Cl5N2O2. The quantitative estimate of drug-likeness (QED) is 0.117. The summed E-state index contributed by atoms with van der Waals surface area (Å²) in [6.07, 6.45) is 7.74. The molecule has 9 heteroatoms. The number of carbonyl (C=O) groups is 2. The molecule has 2 atom stereocenters. The number of benzene rings is 2. The molecule has 2 aromatic rings. The summed E-state index contributed by atoms with van der Waals surface area (Å²) in [7, 11) is 0. The van der Waals surface area contributed by atoms with E-state index in [4.69, 9.17) is 64.4 Å². The Morgan fingerprint density at radius 2 is 1.80 bits per heavy atom. The first-order valence-electron chi connectivity index (χ1n) is 10.4. The molecule has 0 bridgehead atoms. The number of halogens is 5. The summed E-state index contributed by atoms with van der Waals surface area (Å²) in [6, 6.07) is 11.9. The summed E-state index contributed by atoms with van der Waals surface area (Å²) < 4.78 is -1.36. The van der Waals surface area contributed by atoms with Crippen LogP contribution in [0.5, 0.6) is 0 Å². The van der Waals surface area contributed by atoms with Crippen LogP contribution >= 0.6 is 58.0 Å². The highest BCUT2D eigenvalue weighted by atomic mass is 35.5. The Labute approximate surface area is 229 Å². The smallest absolute Gasteiger partial charge is 0.256 e. The molecule has 0 radical (unpaired) electrons. The molecular weight excluding hydrogens is 550 g/mol. The summed E-state index contributed by atoms with van der Waals surface area (Å²) >= 11 is 31.6. The maximum absolute atomic E-state index is 12.9. The number of hydrogen-bond acceptors (Lipinski definition) is 3. The average Bonchev–Trinajstić information content (AvgIpc) is 3.29. The summed E-state index contributed by atoms with van der Waals surface area (Å²) in [4.78, 5) is 25.0. The van der Waals surface area contributed by atoms with Gasteiger partial charge in [0.05, 0.1) is 11.0 Å². The van der Waals surface area contributed by atoms with Gasteiger partial charge in [0.1, 0.15) is 10.6 Å². The van der Waals surface area contributed by atoms with E-state index in [2.05, 4.69) is 16.6 Å². The van der Waals surface area contributed by atoms with E-state index < -0.39 is 21.6 Å². The number of alkyl halides is 2. The minimum atomic E-state index is -1.36. The number of aldehydes is 1. The Balaban J connectivity index is 1.77.